The molecular formula is C13H17F2NO5S. The van der Waals surface area contributed by atoms with Crippen LogP contribution in [0.4, 0.5) is 8.78 Å². The normalized spacial score (nSPS) is 12.4. The SMILES string of the molecule is CC(C)(CCC(=O)O)NS(=O)(=O)c1ccccc1OC(F)F. The van der Waals surface area contributed by atoms with Crippen molar-refractivity contribution < 1.29 is 31.8 Å². The summed E-state index contributed by atoms with van der Waals surface area (Å²) in [6.45, 7) is -0.148. The van der Waals surface area contributed by atoms with Gasteiger partial charge < -0.3 is 9.84 Å². The summed E-state index contributed by atoms with van der Waals surface area (Å²) >= 11 is 0. The molecule has 22 heavy (non-hydrogen) atoms. The molecule has 0 aliphatic carbocycles. The van der Waals surface area contributed by atoms with E-state index in [0.29, 0.717) is 0 Å². The van der Waals surface area contributed by atoms with E-state index in [0.717, 1.165) is 12.1 Å². The van der Waals surface area contributed by atoms with Gasteiger partial charge in [0.15, 0.2) is 0 Å². The second-order valence-electron chi connectivity index (χ2n) is 5.21. The van der Waals surface area contributed by atoms with Gasteiger partial charge in [-0.1, -0.05) is 12.1 Å². The molecule has 9 heteroatoms. The third-order valence-corrected chi connectivity index (χ3v) is 4.47. The number of hydrogen-bond acceptors (Lipinski definition) is 4. The number of para-hydroxylation sites is 1. The molecule has 0 aromatic heterocycles. The van der Waals surface area contributed by atoms with Crippen LogP contribution >= 0.6 is 0 Å². The maximum absolute atomic E-state index is 12.3. The minimum Gasteiger partial charge on any atom is -0.481 e. The quantitative estimate of drug-likeness (QED) is 0.759. The molecule has 0 unspecified atom stereocenters. The fourth-order valence-corrected chi connectivity index (χ4v) is 3.33. The smallest absolute Gasteiger partial charge is 0.387 e. The number of halogens is 2. The number of aliphatic carboxylic acids is 1. The van der Waals surface area contributed by atoms with Crippen LogP contribution in [-0.4, -0.2) is 31.6 Å². The molecule has 124 valence electrons. The van der Waals surface area contributed by atoms with Crippen LogP contribution in [0.3, 0.4) is 0 Å². The fraction of sp³-hybridized carbons (Fsp3) is 0.462. The Kier molecular flexibility index (Phi) is 5.84. The number of rotatable bonds is 8. The summed E-state index contributed by atoms with van der Waals surface area (Å²) in [4.78, 5) is 10.1. The number of alkyl halides is 2. The molecule has 0 radical (unpaired) electrons. The Morgan fingerprint density at radius 1 is 1.36 bits per heavy atom. The number of ether oxygens (including phenoxy) is 1. The zero-order valence-corrected chi connectivity index (χ0v) is 12.9. The van der Waals surface area contributed by atoms with Crippen LogP contribution in [0.15, 0.2) is 29.2 Å². The molecule has 0 heterocycles. The van der Waals surface area contributed by atoms with Crippen molar-refractivity contribution in [1.29, 1.82) is 0 Å². The highest BCUT2D eigenvalue weighted by Gasteiger charge is 2.29. The Hall–Kier alpha value is -1.74. The zero-order chi connectivity index (χ0) is 17.0. The molecule has 0 spiro atoms. The number of benzene rings is 1. The van der Waals surface area contributed by atoms with Gasteiger partial charge in [0, 0.05) is 12.0 Å². The van der Waals surface area contributed by atoms with E-state index >= 15 is 0 Å². The standard InChI is InChI=1S/C13H17F2NO5S/c1-13(2,8-7-11(17)18)16-22(19,20)10-6-4-3-5-9(10)21-12(14)15/h3-6,12,16H,7-8H2,1-2H3,(H,17,18). The predicted molar refractivity (Wildman–Crippen MR) is 74.3 cm³/mol. The lowest BCUT2D eigenvalue weighted by molar-refractivity contribution is -0.137. The van der Waals surface area contributed by atoms with E-state index < -0.39 is 38.8 Å². The zero-order valence-electron chi connectivity index (χ0n) is 12.0. The van der Waals surface area contributed by atoms with E-state index in [-0.39, 0.29) is 12.8 Å². The van der Waals surface area contributed by atoms with Gasteiger partial charge >= 0.3 is 12.6 Å². The molecule has 0 aliphatic heterocycles. The molecule has 0 bridgehead atoms. The van der Waals surface area contributed by atoms with E-state index in [2.05, 4.69) is 9.46 Å². The minimum absolute atomic E-state index is 0.0411. The van der Waals surface area contributed by atoms with Gasteiger partial charge in [-0.3, -0.25) is 4.79 Å². The molecule has 1 rings (SSSR count). The summed E-state index contributed by atoms with van der Waals surface area (Å²) < 4.78 is 55.8. The molecular weight excluding hydrogens is 320 g/mol. The van der Waals surface area contributed by atoms with E-state index in [4.69, 9.17) is 5.11 Å². The molecule has 0 amide bonds. The number of sulfonamides is 1. The first-order valence-electron chi connectivity index (χ1n) is 6.33. The van der Waals surface area contributed by atoms with E-state index in [1.54, 1.807) is 0 Å². The van der Waals surface area contributed by atoms with E-state index in [9.17, 15) is 22.0 Å². The number of carboxylic acid groups (broad SMARTS) is 1. The highest BCUT2D eigenvalue weighted by atomic mass is 32.2. The molecule has 0 saturated carbocycles. The van der Waals surface area contributed by atoms with Crippen LogP contribution in [-0.2, 0) is 14.8 Å². The van der Waals surface area contributed by atoms with E-state index in [1.807, 2.05) is 0 Å². The van der Waals surface area contributed by atoms with Gasteiger partial charge in [-0.15, -0.1) is 0 Å². The Labute approximate surface area is 127 Å². The number of carbonyl (C=O) groups is 1. The summed E-state index contributed by atoms with van der Waals surface area (Å²) in [6, 6.07) is 4.99. The molecule has 2 N–H and O–H groups in total. The highest BCUT2D eigenvalue weighted by molar-refractivity contribution is 7.89. The van der Waals surface area contributed by atoms with Crippen LogP contribution in [0.1, 0.15) is 26.7 Å². The second-order valence-corrected chi connectivity index (χ2v) is 6.86. The molecule has 0 fully saturated rings. The molecule has 0 atom stereocenters. The lowest BCUT2D eigenvalue weighted by Gasteiger charge is -2.25. The number of hydrogen-bond donors (Lipinski definition) is 2. The Balaban J connectivity index is 3.02. The van der Waals surface area contributed by atoms with Gasteiger partial charge in [-0.2, -0.15) is 8.78 Å². The van der Waals surface area contributed by atoms with Crippen molar-refractivity contribution in [2.45, 2.75) is 43.7 Å². The minimum atomic E-state index is -4.14. The van der Waals surface area contributed by atoms with Crippen molar-refractivity contribution in [2.75, 3.05) is 0 Å². The molecule has 0 saturated heterocycles. The third-order valence-electron chi connectivity index (χ3n) is 2.73. The molecule has 1 aromatic rings. The summed E-state index contributed by atoms with van der Waals surface area (Å²) in [5.41, 5.74) is -1.06. The van der Waals surface area contributed by atoms with Crippen molar-refractivity contribution in [3.8, 4) is 5.75 Å². The lowest BCUT2D eigenvalue weighted by Crippen LogP contribution is -2.43. The first kappa shape index (κ1) is 18.3. The maximum Gasteiger partial charge on any atom is 0.387 e. The summed E-state index contributed by atoms with van der Waals surface area (Å²) in [6.07, 6.45) is -0.190. The third kappa shape index (κ3) is 5.57. The average Bonchev–Trinajstić information content (AvgIpc) is 2.35. The van der Waals surface area contributed by atoms with E-state index in [1.165, 1.54) is 26.0 Å². The molecule has 0 aliphatic rings. The van der Waals surface area contributed by atoms with Gasteiger partial charge in [0.25, 0.3) is 0 Å². The summed E-state index contributed by atoms with van der Waals surface area (Å²) in [5.74, 6) is -1.53. The Morgan fingerprint density at radius 2 is 1.95 bits per heavy atom. The topological polar surface area (TPSA) is 92.7 Å². The second kappa shape index (κ2) is 7.01. The van der Waals surface area contributed by atoms with Crippen LogP contribution < -0.4 is 9.46 Å². The Morgan fingerprint density at radius 3 is 2.50 bits per heavy atom. The first-order valence-corrected chi connectivity index (χ1v) is 7.81. The van der Waals surface area contributed by atoms with Crippen molar-refractivity contribution in [2.24, 2.45) is 0 Å². The molecule has 6 nitrogen and oxygen atoms in total. The Bertz CT molecular complexity index is 631. The van der Waals surface area contributed by atoms with Gasteiger partial charge in [0.1, 0.15) is 10.6 Å². The van der Waals surface area contributed by atoms with Crippen molar-refractivity contribution in [3.05, 3.63) is 24.3 Å². The highest BCUT2D eigenvalue weighted by Crippen LogP contribution is 2.26. The van der Waals surface area contributed by atoms with Crippen LogP contribution in [0.5, 0.6) is 5.75 Å². The summed E-state index contributed by atoms with van der Waals surface area (Å²) in [5, 5.41) is 8.65. The maximum atomic E-state index is 12.3. The first-order chi connectivity index (χ1) is 10.0. The van der Waals surface area contributed by atoms with Gasteiger partial charge in [0.2, 0.25) is 10.0 Å². The van der Waals surface area contributed by atoms with Gasteiger partial charge in [-0.05, 0) is 32.4 Å². The number of carboxylic acids is 1. The monoisotopic (exact) mass is 337 g/mol. The average molecular weight is 337 g/mol. The predicted octanol–water partition coefficient (Wildman–Crippen LogP) is 2.21. The number of nitrogens with one attached hydrogen (secondary N) is 1. The fourth-order valence-electron chi connectivity index (χ4n) is 1.75. The van der Waals surface area contributed by atoms with Crippen LogP contribution in [0.25, 0.3) is 0 Å². The van der Waals surface area contributed by atoms with Crippen molar-refractivity contribution >= 4 is 16.0 Å². The van der Waals surface area contributed by atoms with Crippen LogP contribution in [0, 0.1) is 0 Å². The summed E-state index contributed by atoms with van der Waals surface area (Å²) in [7, 11) is -4.14. The lowest BCUT2D eigenvalue weighted by atomic mass is 10.0. The largest absolute Gasteiger partial charge is 0.481 e. The van der Waals surface area contributed by atoms with Crippen LogP contribution in [0.2, 0.25) is 0 Å². The van der Waals surface area contributed by atoms with Gasteiger partial charge in [0.05, 0.1) is 0 Å². The van der Waals surface area contributed by atoms with Crippen molar-refractivity contribution in [3.63, 3.8) is 0 Å². The van der Waals surface area contributed by atoms with Gasteiger partial charge in [-0.25, -0.2) is 13.1 Å². The van der Waals surface area contributed by atoms with Crippen molar-refractivity contribution in [1.82, 2.24) is 4.72 Å². The molecule has 1 aromatic carbocycles.